The molecule has 4 aromatic rings. The lowest BCUT2D eigenvalue weighted by Crippen LogP contribution is -2.11. The van der Waals surface area contributed by atoms with Gasteiger partial charge in [0.15, 0.2) is 0 Å². The minimum atomic E-state index is -0.227. The quantitative estimate of drug-likeness (QED) is 0.285. The number of anilines is 3. The van der Waals surface area contributed by atoms with Crippen molar-refractivity contribution in [3.63, 3.8) is 0 Å². The molecule has 6 heteroatoms. The van der Waals surface area contributed by atoms with Gasteiger partial charge in [0.05, 0.1) is 24.0 Å². The SMILES string of the molecule is COc1ccccc1Nc1c2c(nc3ccc(NC(=O)C=Cc4ccccc4Cl)cc13)CCCC2. The number of aryl methyl sites for hydroxylation is 1. The van der Waals surface area contributed by atoms with Gasteiger partial charge in [0.25, 0.3) is 0 Å². The molecule has 0 saturated carbocycles. The molecule has 1 aliphatic rings. The number of benzene rings is 3. The van der Waals surface area contributed by atoms with Crippen LogP contribution in [0.1, 0.15) is 29.7 Å². The molecule has 3 aromatic carbocycles. The standard InChI is InChI=1S/C29H26ClN3O2/c1-35-27-13-7-6-12-26(27)33-29-21-9-3-5-11-24(21)32-25-16-15-20(18-22(25)29)31-28(34)17-14-19-8-2-4-10-23(19)30/h2,4,6-8,10,12-18H,3,5,9,11H2,1H3,(H,31,34)(H,32,33). The lowest BCUT2D eigenvalue weighted by Gasteiger charge is -2.22. The van der Waals surface area contributed by atoms with Crippen LogP contribution in [-0.4, -0.2) is 18.0 Å². The Bertz CT molecular complexity index is 1430. The van der Waals surface area contributed by atoms with Gasteiger partial charge in [0, 0.05) is 27.9 Å². The largest absolute Gasteiger partial charge is 0.495 e. The molecule has 0 spiro atoms. The van der Waals surface area contributed by atoms with E-state index in [1.807, 2.05) is 60.7 Å². The smallest absolute Gasteiger partial charge is 0.248 e. The average molecular weight is 484 g/mol. The number of pyridine rings is 1. The molecule has 0 bridgehead atoms. The number of carbonyl (C=O) groups excluding carboxylic acids is 1. The van der Waals surface area contributed by atoms with Gasteiger partial charge >= 0.3 is 0 Å². The van der Waals surface area contributed by atoms with E-state index < -0.39 is 0 Å². The lowest BCUT2D eigenvalue weighted by atomic mass is 9.92. The van der Waals surface area contributed by atoms with Crippen LogP contribution in [0.2, 0.25) is 5.02 Å². The van der Waals surface area contributed by atoms with Gasteiger partial charge in [0.2, 0.25) is 5.91 Å². The Balaban J connectivity index is 1.50. The van der Waals surface area contributed by atoms with Crippen molar-refractivity contribution in [2.24, 2.45) is 0 Å². The first-order valence-electron chi connectivity index (χ1n) is 11.7. The van der Waals surface area contributed by atoms with Crippen molar-refractivity contribution in [1.29, 1.82) is 0 Å². The van der Waals surface area contributed by atoms with Crippen LogP contribution in [0.25, 0.3) is 17.0 Å². The number of hydrogen-bond donors (Lipinski definition) is 2. The molecule has 5 rings (SSSR count). The molecular weight excluding hydrogens is 458 g/mol. The maximum absolute atomic E-state index is 12.6. The molecule has 2 N–H and O–H groups in total. The minimum Gasteiger partial charge on any atom is -0.495 e. The van der Waals surface area contributed by atoms with Crippen molar-refractivity contribution in [3.05, 3.63) is 94.6 Å². The lowest BCUT2D eigenvalue weighted by molar-refractivity contribution is -0.111. The summed E-state index contributed by atoms with van der Waals surface area (Å²) in [6.45, 7) is 0. The van der Waals surface area contributed by atoms with Crippen LogP contribution in [0.3, 0.4) is 0 Å². The van der Waals surface area contributed by atoms with Gasteiger partial charge in [0.1, 0.15) is 5.75 Å². The van der Waals surface area contributed by atoms with E-state index in [0.717, 1.165) is 65.0 Å². The number of amides is 1. The fraction of sp³-hybridized carbons (Fsp3) is 0.172. The third kappa shape index (κ3) is 5.00. The third-order valence-electron chi connectivity index (χ3n) is 6.22. The van der Waals surface area contributed by atoms with E-state index in [0.29, 0.717) is 10.7 Å². The molecule has 176 valence electrons. The van der Waals surface area contributed by atoms with Gasteiger partial charge in [-0.05, 0) is 79.3 Å². The van der Waals surface area contributed by atoms with Crippen molar-refractivity contribution in [2.45, 2.75) is 25.7 Å². The first kappa shape index (κ1) is 22.9. The number of aromatic nitrogens is 1. The van der Waals surface area contributed by atoms with Gasteiger partial charge in [-0.25, -0.2) is 0 Å². The molecule has 0 atom stereocenters. The molecule has 0 fully saturated rings. The fourth-order valence-electron chi connectivity index (χ4n) is 4.49. The van der Waals surface area contributed by atoms with E-state index in [1.54, 1.807) is 19.3 Å². The Labute approximate surface area is 209 Å². The molecule has 0 unspecified atom stereocenters. The number of ether oxygens (including phenoxy) is 1. The second kappa shape index (κ2) is 10.2. The Kier molecular flexibility index (Phi) is 6.68. The molecule has 1 amide bonds. The Morgan fingerprint density at radius 1 is 1.03 bits per heavy atom. The van der Waals surface area contributed by atoms with Crippen LogP contribution in [0, 0.1) is 0 Å². The number of para-hydroxylation sites is 2. The van der Waals surface area contributed by atoms with Crippen LogP contribution in [-0.2, 0) is 17.6 Å². The highest BCUT2D eigenvalue weighted by molar-refractivity contribution is 6.32. The number of hydrogen-bond acceptors (Lipinski definition) is 4. The summed E-state index contributed by atoms with van der Waals surface area (Å²) in [4.78, 5) is 17.6. The number of nitrogens with zero attached hydrogens (tertiary/aromatic N) is 1. The van der Waals surface area contributed by atoms with Gasteiger partial charge in [-0.1, -0.05) is 41.9 Å². The van der Waals surface area contributed by atoms with E-state index in [9.17, 15) is 4.79 Å². The van der Waals surface area contributed by atoms with Gasteiger partial charge in [-0.3, -0.25) is 9.78 Å². The van der Waals surface area contributed by atoms with Crippen LogP contribution in [0.15, 0.2) is 72.8 Å². The van der Waals surface area contributed by atoms with E-state index in [2.05, 4.69) is 10.6 Å². The first-order chi connectivity index (χ1) is 17.1. The zero-order valence-electron chi connectivity index (χ0n) is 19.5. The zero-order valence-corrected chi connectivity index (χ0v) is 20.2. The number of methoxy groups -OCH3 is 1. The van der Waals surface area contributed by atoms with Crippen molar-refractivity contribution in [1.82, 2.24) is 4.98 Å². The maximum atomic E-state index is 12.6. The third-order valence-corrected chi connectivity index (χ3v) is 6.56. The van der Waals surface area contributed by atoms with E-state index >= 15 is 0 Å². The highest BCUT2D eigenvalue weighted by Crippen LogP contribution is 2.38. The number of rotatable bonds is 6. The molecular formula is C29H26ClN3O2. The Morgan fingerprint density at radius 3 is 2.69 bits per heavy atom. The Hall–Kier alpha value is -3.83. The number of nitrogens with one attached hydrogen (secondary N) is 2. The summed E-state index contributed by atoms with van der Waals surface area (Å²) >= 11 is 6.19. The normalized spacial score (nSPS) is 13.0. The Morgan fingerprint density at radius 2 is 1.83 bits per heavy atom. The number of fused-ring (bicyclic) bond motifs is 2. The van der Waals surface area contributed by atoms with Crippen molar-refractivity contribution >= 4 is 51.5 Å². The predicted octanol–water partition coefficient (Wildman–Crippen LogP) is 7.17. The van der Waals surface area contributed by atoms with Crippen LogP contribution in [0.5, 0.6) is 5.75 Å². The highest BCUT2D eigenvalue weighted by atomic mass is 35.5. The molecule has 5 nitrogen and oxygen atoms in total. The predicted molar refractivity (Wildman–Crippen MR) is 144 cm³/mol. The maximum Gasteiger partial charge on any atom is 0.248 e. The van der Waals surface area contributed by atoms with E-state index in [1.165, 1.54) is 11.6 Å². The zero-order chi connectivity index (χ0) is 24.2. The summed E-state index contributed by atoms with van der Waals surface area (Å²) in [7, 11) is 1.67. The van der Waals surface area contributed by atoms with Crippen molar-refractivity contribution < 1.29 is 9.53 Å². The topological polar surface area (TPSA) is 63.2 Å². The summed E-state index contributed by atoms with van der Waals surface area (Å²) in [6.07, 6.45) is 7.41. The average Bonchev–Trinajstić information content (AvgIpc) is 2.88. The van der Waals surface area contributed by atoms with Crippen LogP contribution >= 0.6 is 11.6 Å². The highest BCUT2D eigenvalue weighted by Gasteiger charge is 2.19. The van der Waals surface area contributed by atoms with E-state index in [4.69, 9.17) is 21.3 Å². The monoisotopic (exact) mass is 483 g/mol. The number of carbonyl (C=O) groups is 1. The van der Waals surface area contributed by atoms with Crippen molar-refractivity contribution in [3.8, 4) is 5.75 Å². The summed E-state index contributed by atoms with van der Waals surface area (Å²) in [6, 6.07) is 21.1. The molecule has 35 heavy (non-hydrogen) atoms. The molecule has 0 aliphatic heterocycles. The van der Waals surface area contributed by atoms with Gasteiger partial charge in [-0.15, -0.1) is 0 Å². The molecule has 0 saturated heterocycles. The summed E-state index contributed by atoms with van der Waals surface area (Å²) < 4.78 is 5.57. The second-order valence-corrected chi connectivity index (χ2v) is 8.93. The minimum absolute atomic E-state index is 0.227. The fourth-order valence-corrected chi connectivity index (χ4v) is 4.69. The van der Waals surface area contributed by atoms with Crippen molar-refractivity contribution in [2.75, 3.05) is 17.7 Å². The van der Waals surface area contributed by atoms with Gasteiger partial charge < -0.3 is 15.4 Å². The molecule has 1 aromatic heterocycles. The van der Waals surface area contributed by atoms with E-state index in [-0.39, 0.29) is 5.91 Å². The second-order valence-electron chi connectivity index (χ2n) is 8.52. The van der Waals surface area contributed by atoms with Crippen LogP contribution in [0.4, 0.5) is 17.1 Å². The molecule has 1 aliphatic carbocycles. The molecule has 1 heterocycles. The number of halogens is 1. The first-order valence-corrected chi connectivity index (χ1v) is 12.1. The summed E-state index contributed by atoms with van der Waals surface area (Å²) in [5, 5.41) is 8.15. The summed E-state index contributed by atoms with van der Waals surface area (Å²) in [5.74, 6) is 0.547. The molecule has 0 radical (unpaired) electrons. The summed E-state index contributed by atoms with van der Waals surface area (Å²) in [5.41, 5.74) is 6.68. The van der Waals surface area contributed by atoms with Gasteiger partial charge in [-0.2, -0.15) is 0 Å². The van der Waals surface area contributed by atoms with Crippen LogP contribution < -0.4 is 15.4 Å².